The molecule has 0 atom stereocenters. The van der Waals surface area contributed by atoms with E-state index in [4.69, 9.17) is 0 Å². The summed E-state index contributed by atoms with van der Waals surface area (Å²) in [5.74, 6) is 2.36. The van der Waals surface area contributed by atoms with E-state index in [0.29, 0.717) is 28.7 Å². The maximum absolute atomic E-state index is 12.9. The SMILES string of the molecule is CN1C(=O)c2ccc(NC(=O)C3C4CC5CC(C4)CC3C5)cc2C1=O. The van der Waals surface area contributed by atoms with E-state index < -0.39 is 0 Å². The molecule has 0 spiro atoms. The van der Waals surface area contributed by atoms with Crippen molar-refractivity contribution in [1.82, 2.24) is 4.90 Å². The lowest BCUT2D eigenvalue weighted by atomic mass is 9.51. The quantitative estimate of drug-likeness (QED) is 0.843. The summed E-state index contributed by atoms with van der Waals surface area (Å²) in [7, 11) is 1.48. The standard InChI is InChI=1S/C20H22N2O3/c1-22-19(24)15-3-2-14(9-16(15)20(22)25)21-18(23)17-12-5-10-4-11(7-12)8-13(17)6-10/h2-3,9-13,17H,4-8H2,1H3,(H,21,23). The molecule has 1 N–H and O–H groups in total. The second kappa shape index (κ2) is 5.16. The Bertz CT molecular complexity index is 772. The van der Waals surface area contributed by atoms with Gasteiger partial charge in [0.15, 0.2) is 0 Å². The first-order valence-electron chi connectivity index (χ1n) is 9.28. The number of amides is 3. The molecular weight excluding hydrogens is 316 g/mol. The van der Waals surface area contributed by atoms with Gasteiger partial charge in [-0.25, -0.2) is 0 Å². The predicted molar refractivity (Wildman–Crippen MR) is 92.0 cm³/mol. The minimum Gasteiger partial charge on any atom is -0.326 e. The zero-order valence-corrected chi connectivity index (χ0v) is 14.3. The number of carbonyl (C=O) groups excluding carboxylic acids is 3. The van der Waals surface area contributed by atoms with Crippen LogP contribution < -0.4 is 5.32 Å². The molecule has 4 bridgehead atoms. The third-order valence-corrected chi connectivity index (χ3v) is 6.89. The molecule has 0 aromatic heterocycles. The van der Waals surface area contributed by atoms with Crippen LogP contribution in [0.5, 0.6) is 0 Å². The van der Waals surface area contributed by atoms with E-state index in [-0.39, 0.29) is 23.6 Å². The Hall–Kier alpha value is -2.17. The van der Waals surface area contributed by atoms with Crippen LogP contribution in [0.25, 0.3) is 0 Å². The van der Waals surface area contributed by atoms with E-state index in [0.717, 1.165) is 16.7 Å². The van der Waals surface area contributed by atoms with Crippen molar-refractivity contribution in [3.05, 3.63) is 29.3 Å². The van der Waals surface area contributed by atoms with Gasteiger partial charge < -0.3 is 5.32 Å². The molecule has 1 aromatic carbocycles. The van der Waals surface area contributed by atoms with E-state index in [2.05, 4.69) is 5.32 Å². The van der Waals surface area contributed by atoms with Gasteiger partial charge in [0.1, 0.15) is 0 Å². The number of fused-ring (bicyclic) bond motifs is 1. The van der Waals surface area contributed by atoms with E-state index in [1.54, 1.807) is 18.2 Å². The third-order valence-electron chi connectivity index (χ3n) is 6.89. The molecule has 5 nitrogen and oxygen atoms in total. The Labute approximate surface area is 146 Å². The van der Waals surface area contributed by atoms with Gasteiger partial charge >= 0.3 is 0 Å². The summed E-state index contributed by atoms with van der Waals surface area (Å²) in [6.07, 6.45) is 6.18. The largest absolute Gasteiger partial charge is 0.326 e. The van der Waals surface area contributed by atoms with Gasteiger partial charge in [0.25, 0.3) is 11.8 Å². The van der Waals surface area contributed by atoms with Gasteiger partial charge in [-0.2, -0.15) is 0 Å². The van der Waals surface area contributed by atoms with Crippen molar-refractivity contribution in [2.45, 2.75) is 32.1 Å². The second-order valence-corrected chi connectivity index (χ2v) is 8.38. The smallest absolute Gasteiger partial charge is 0.261 e. The van der Waals surface area contributed by atoms with Gasteiger partial charge in [-0.15, -0.1) is 0 Å². The van der Waals surface area contributed by atoms with E-state index in [1.807, 2.05) is 0 Å². The fourth-order valence-corrected chi connectivity index (χ4v) is 6.02. The first-order valence-corrected chi connectivity index (χ1v) is 9.28. The highest BCUT2D eigenvalue weighted by atomic mass is 16.2. The van der Waals surface area contributed by atoms with Crippen LogP contribution in [0, 0.1) is 29.6 Å². The summed E-state index contributed by atoms with van der Waals surface area (Å²) in [4.78, 5) is 38.2. The fourth-order valence-electron chi connectivity index (χ4n) is 6.02. The van der Waals surface area contributed by atoms with Gasteiger partial charge in [-0.1, -0.05) is 0 Å². The zero-order chi connectivity index (χ0) is 17.3. The van der Waals surface area contributed by atoms with Crippen LogP contribution in [0.2, 0.25) is 0 Å². The van der Waals surface area contributed by atoms with Gasteiger partial charge in [0, 0.05) is 18.7 Å². The summed E-state index contributed by atoms with van der Waals surface area (Å²) in [5.41, 5.74) is 1.42. The van der Waals surface area contributed by atoms with Gasteiger partial charge in [-0.05, 0) is 74.0 Å². The lowest BCUT2D eigenvalue weighted by Gasteiger charge is -2.53. The Morgan fingerprint density at radius 3 is 2.20 bits per heavy atom. The van der Waals surface area contributed by atoms with Crippen molar-refractivity contribution < 1.29 is 14.4 Å². The molecule has 6 rings (SSSR count). The lowest BCUT2D eigenvalue weighted by Crippen LogP contribution is -2.49. The van der Waals surface area contributed by atoms with E-state index >= 15 is 0 Å². The normalized spacial score (nSPS) is 35.2. The highest BCUT2D eigenvalue weighted by molar-refractivity contribution is 6.21. The molecule has 1 heterocycles. The van der Waals surface area contributed by atoms with Crippen LogP contribution in [0.4, 0.5) is 5.69 Å². The van der Waals surface area contributed by atoms with Gasteiger partial charge in [0.05, 0.1) is 11.1 Å². The Kier molecular flexibility index (Phi) is 3.12. The van der Waals surface area contributed by atoms with Gasteiger partial charge in [0.2, 0.25) is 5.91 Å². The van der Waals surface area contributed by atoms with Gasteiger partial charge in [-0.3, -0.25) is 19.3 Å². The number of hydrogen-bond acceptors (Lipinski definition) is 3. The zero-order valence-electron chi connectivity index (χ0n) is 14.3. The summed E-state index contributed by atoms with van der Waals surface area (Å²) in [5, 5.41) is 3.03. The number of benzene rings is 1. The number of imide groups is 1. The predicted octanol–water partition coefficient (Wildman–Crippen LogP) is 2.92. The molecule has 0 unspecified atom stereocenters. The average molecular weight is 338 g/mol. The minimum atomic E-state index is -0.300. The van der Waals surface area contributed by atoms with Crippen LogP contribution >= 0.6 is 0 Å². The molecule has 3 amide bonds. The van der Waals surface area contributed by atoms with Crippen LogP contribution in [-0.2, 0) is 4.79 Å². The second-order valence-electron chi connectivity index (χ2n) is 8.38. The number of nitrogens with zero attached hydrogens (tertiary/aromatic N) is 1. The maximum atomic E-state index is 12.9. The van der Waals surface area contributed by atoms with Crippen molar-refractivity contribution in [2.75, 3.05) is 12.4 Å². The first kappa shape index (κ1) is 15.1. The molecular formula is C20H22N2O3. The molecule has 0 saturated heterocycles. The number of anilines is 1. The lowest BCUT2D eigenvalue weighted by molar-refractivity contribution is -0.132. The molecule has 1 aromatic rings. The molecule has 0 radical (unpaired) electrons. The van der Waals surface area contributed by atoms with Crippen LogP contribution in [-0.4, -0.2) is 29.7 Å². The maximum Gasteiger partial charge on any atom is 0.261 e. The summed E-state index contributed by atoms with van der Waals surface area (Å²) in [6, 6.07) is 5.02. The molecule has 4 aliphatic carbocycles. The molecule has 5 heteroatoms. The number of rotatable bonds is 2. The third kappa shape index (κ3) is 2.17. The first-order chi connectivity index (χ1) is 12.0. The number of carbonyl (C=O) groups is 3. The molecule has 5 aliphatic rings. The van der Waals surface area contributed by atoms with Crippen molar-refractivity contribution in [3.63, 3.8) is 0 Å². The Morgan fingerprint density at radius 1 is 0.960 bits per heavy atom. The highest BCUT2D eigenvalue weighted by Crippen LogP contribution is 2.56. The molecule has 4 fully saturated rings. The van der Waals surface area contributed by atoms with Crippen LogP contribution in [0.1, 0.15) is 52.8 Å². The molecule has 1 aliphatic heterocycles. The Balaban J connectivity index is 1.37. The van der Waals surface area contributed by atoms with Crippen LogP contribution in [0.15, 0.2) is 18.2 Å². The Morgan fingerprint density at radius 2 is 1.56 bits per heavy atom. The van der Waals surface area contributed by atoms with Crippen LogP contribution in [0.3, 0.4) is 0 Å². The number of nitrogens with one attached hydrogen (secondary N) is 1. The topological polar surface area (TPSA) is 66.5 Å². The highest BCUT2D eigenvalue weighted by Gasteiger charge is 2.50. The molecule has 130 valence electrons. The monoisotopic (exact) mass is 338 g/mol. The molecule has 25 heavy (non-hydrogen) atoms. The summed E-state index contributed by atoms with van der Waals surface area (Å²) >= 11 is 0. The minimum absolute atomic E-state index is 0.0962. The number of hydrogen-bond donors (Lipinski definition) is 1. The van der Waals surface area contributed by atoms with Crippen molar-refractivity contribution >= 4 is 23.4 Å². The summed E-state index contributed by atoms with van der Waals surface area (Å²) in [6.45, 7) is 0. The average Bonchev–Trinajstić information content (AvgIpc) is 2.78. The van der Waals surface area contributed by atoms with E-state index in [9.17, 15) is 14.4 Å². The fraction of sp³-hybridized carbons (Fsp3) is 0.550. The molecule has 4 saturated carbocycles. The van der Waals surface area contributed by atoms with Crippen molar-refractivity contribution in [1.29, 1.82) is 0 Å². The van der Waals surface area contributed by atoms with Crippen molar-refractivity contribution in [2.24, 2.45) is 29.6 Å². The summed E-state index contributed by atoms with van der Waals surface area (Å²) < 4.78 is 0. The van der Waals surface area contributed by atoms with Crippen molar-refractivity contribution in [3.8, 4) is 0 Å². The van der Waals surface area contributed by atoms with E-state index in [1.165, 1.54) is 39.2 Å².